The van der Waals surface area contributed by atoms with E-state index in [9.17, 15) is 0 Å². The number of benzene rings is 2. The number of nitrogens with two attached hydrogens (primary N) is 1. The largest absolute Gasteiger partial charge is 0.497 e. The summed E-state index contributed by atoms with van der Waals surface area (Å²) in [6.45, 7) is 1.72. The van der Waals surface area contributed by atoms with Crippen molar-refractivity contribution in [1.29, 1.82) is 0 Å². The van der Waals surface area contributed by atoms with E-state index < -0.39 is 0 Å². The number of methoxy groups -OCH3 is 1. The van der Waals surface area contributed by atoms with Crippen LogP contribution in [0.15, 0.2) is 55.0 Å². The molecule has 2 aromatic carbocycles. The van der Waals surface area contributed by atoms with Crippen molar-refractivity contribution in [1.82, 2.24) is 19.9 Å². The summed E-state index contributed by atoms with van der Waals surface area (Å²) in [6.07, 6.45) is 7.59. The van der Waals surface area contributed by atoms with Crippen LogP contribution >= 0.6 is 11.6 Å². The lowest BCUT2D eigenvalue weighted by Crippen LogP contribution is -2.39. The number of piperidine rings is 1. The fourth-order valence-electron chi connectivity index (χ4n) is 4.45. The molecule has 1 saturated heterocycles. The normalized spacial score (nSPS) is 14.4. The molecule has 0 bridgehead atoms. The van der Waals surface area contributed by atoms with Crippen molar-refractivity contribution in [2.45, 2.75) is 25.3 Å². The quantitative estimate of drug-likeness (QED) is 0.424. The molecule has 0 radical (unpaired) electrons. The van der Waals surface area contributed by atoms with Crippen LogP contribution in [0.2, 0.25) is 5.15 Å². The van der Waals surface area contributed by atoms with E-state index in [0.29, 0.717) is 17.6 Å². The average molecular weight is 476 g/mol. The number of nitrogens with zero attached hydrogens (tertiary/aromatic N) is 5. The zero-order chi connectivity index (χ0) is 23.5. The summed E-state index contributed by atoms with van der Waals surface area (Å²) >= 11 is 6.25. The number of halogens is 1. The van der Waals surface area contributed by atoms with Gasteiger partial charge in [-0.2, -0.15) is 0 Å². The molecular formula is C25H26ClN7O. The molecule has 0 saturated carbocycles. The van der Waals surface area contributed by atoms with Gasteiger partial charge < -0.3 is 20.7 Å². The van der Waals surface area contributed by atoms with Crippen molar-refractivity contribution in [3.63, 3.8) is 0 Å². The SMILES string of the molecule is COc1ccc2cc(Cc3ccnc(N)n3)cc(NC3CCN(c4nccnc4Cl)CC3)c2c1. The van der Waals surface area contributed by atoms with Gasteiger partial charge in [0.25, 0.3) is 0 Å². The van der Waals surface area contributed by atoms with Crippen LogP contribution in [-0.2, 0) is 6.42 Å². The van der Waals surface area contributed by atoms with Gasteiger partial charge in [-0.3, -0.25) is 0 Å². The Morgan fingerprint density at radius 1 is 1.06 bits per heavy atom. The van der Waals surface area contributed by atoms with E-state index in [1.54, 1.807) is 25.7 Å². The number of anilines is 3. The van der Waals surface area contributed by atoms with Crippen LogP contribution in [0.3, 0.4) is 0 Å². The third-order valence-electron chi connectivity index (χ3n) is 6.13. The number of rotatable bonds is 6. The molecule has 0 atom stereocenters. The Morgan fingerprint density at radius 3 is 2.65 bits per heavy atom. The van der Waals surface area contributed by atoms with E-state index in [4.69, 9.17) is 22.1 Å². The van der Waals surface area contributed by atoms with E-state index in [0.717, 1.165) is 65.2 Å². The summed E-state index contributed by atoms with van der Waals surface area (Å²) in [5.74, 6) is 1.87. The lowest BCUT2D eigenvalue weighted by molar-refractivity contribution is 0.415. The molecule has 3 heterocycles. The van der Waals surface area contributed by atoms with Crippen LogP contribution in [0.5, 0.6) is 5.75 Å². The van der Waals surface area contributed by atoms with Gasteiger partial charge in [0.2, 0.25) is 5.95 Å². The van der Waals surface area contributed by atoms with E-state index in [1.807, 2.05) is 12.1 Å². The Kier molecular flexibility index (Phi) is 6.31. The maximum Gasteiger partial charge on any atom is 0.220 e. The number of nitrogen functional groups attached to an aromatic ring is 1. The van der Waals surface area contributed by atoms with E-state index >= 15 is 0 Å². The molecule has 0 amide bonds. The minimum atomic E-state index is 0.288. The standard InChI is InChI=1S/C25H26ClN7O/c1-34-20-3-2-17-12-16(13-19-4-7-30-25(27)32-19)14-22(21(17)15-20)31-18-5-10-33(11-6-18)24-23(26)28-8-9-29-24/h2-4,7-9,12,14-15,18,31H,5-6,10-11,13H2,1H3,(H2,27,30,32). The molecule has 1 aliphatic rings. The number of hydrogen-bond acceptors (Lipinski definition) is 8. The number of hydrogen-bond donors (Lipinski definition) is 2. The van der Waals surface area contributed by atoms with E-state index in [1.165, 1.54) is 0 Å². The fraction of sp³-hybridized carbons (Fsp3) is 0.280. The Bertz CT molecular complexity index is 1310. The van der Waals surface area contributed by atoms with E-state index in [2.05, 4.69) is 54.4 Å². The second-order valence-corrected chi connectivity index (χ2v) is 8.75. The second-order valence-electron chi connectivity index (χ2n) is 8.39. The summed E-state index contributed by atoms with van der Waals surface area (Å²) in [4.78, 5) is 19.1. The van der Waals surface area contributed by atoms with E-state index in [-0.39, 0.29) is 5.95 Å². The molecule has 0 aliphatic carbocycles. The Hall–Kier alpha value is -3.65. The highest BCUT2D eigenvalue weighted by Gasteiger charge is 2.22. The molecule has 4 aromatic rings. The predicted molar refractivity (Wildman–Crippen MR) is 136 cm³/mol. The highest BCUT2D eigenvalue weighted by molar-refractivity contribution is 6.31. The molecule has 174 valence electrons. The third-order valence-corrected chi connectivity index (χ3v) is 6.40. The number of fused-ring (bicyclic) bond motifs is 1. The van der Waals surface area contributed by atoms with Crippen LogP contribution in [0.4, 0.5) is 17.5 Å². The van der Waals surface area contributed by atoms with Crippen LogP contribution in [0.1, 0.15) is 24.1 Å². The van der Waals surface area contributed by atoms with Gasteiger partial charge in [-0.1, -0.05) is 23.7 Å². The maximum atomic E-state index is 6.25. The summed E-state index contributed by atoms with van der Waals surface area (Å²) in [6, 6.07) is 12.8. The molecule has 8 nitrogen and oxygen atoms in total. The van der Waals surface area contributed by atoms with Crippen molar-refractivity contribution >= 4 is 39.8 Å². The molecule has 9 heteroatoms. The monoisotopic (exact) mass is 475 g/mol. The topological polar surface area (TPSA) is 102 Å². The van der Waals surface area contributed by atoms with Gasteiger partial charge in [0.15, 0.2) is 11.0 Å². The van der Waals surface area contributed by atoms with Crippen molar-refractivity contribution in [3.8, 4) is 5.75 Å². The zero-order valence-corrected chi connectivity index (χ0v) is 19.7. The first-order valence-corrected chi connectivity index (χ1v) is 11.6. The van der Waals surface area contributed by atoms with Gasteiger partial charge in [-0.05, 0) is 48.1 Å². The van der Waals surface area contributed by atoms with Crippen LogP contribution in [0.25, 0.3) is 10.8 Å². The van der Waals surface area contributed by atoms with Gasteiger partial charge in [-0.15, -0.1) is 0 Å². The lowest BCUT2D eigenvalue weighted by Gasteiger charge is -2.34. The Morgan fingerprint density at radius 2 is 1.88 bits per heavy atom. The van der Waals surface area contributed by atoms with Crippen LogP contribution < -0.4 is 20.7 Å². The summed E-state index contributed by atoms with van der Waals surface area (Å²) in [7, 11) is 1.69. The Labute approximate surface area is 203 Å². The highest BCUT2D eigenvalue weighted by atomic mass is 35.5. The molecule has 34 heavy (non-hydrogen) atoms. The molecule has 0 spiro atoms. The first-order valence-electron chi connectivity index (χ1n) is 11.2. The first-order chi connectivity index (χ1) is 16.6. The highest BCUT2D eigenvalue weighted by Crippen LogP contribution is 2.32. The lowest BCUT2D eigenvalue weighted by atomic mass is 9.99. The minimum absolute atomic E-state index is 0.288. The molecule has 3 N–H and O–H groups in total. The molecule has 1 fully saturated rings. The van der Waals surface area contributed by atoms with Crippen molar-refractivity contribution in [2.24, 2.45) is 0 Å². The molecule has 1 aliphatic heterocycles. The van der Waals surface area contributed by atoms with Gasteiger partial charge in [-0.25, -0.2) is 19.9 Å². The van der Waals surface area contributed by atoms with Crippen molar-refractivity contribution < 1.29 is 4.74 Å². The molecule has 2 aromatic heterocycles. The fourth-order valence-corrected chi connectivity index (χ4v) is 4.67. The second kappa shape index (κ2) is 9.69. The maximum absolute atomic E-state index is 6.25. The van der Waals surface area contributed by atoms with Crippen LogP contribution in [-0.4, -0.2) is 46.2 Å². The average Bonchev–Trinajstić information content (AvgIpc) is 2.85. The number of nitrogens with one attached hydrogen (secondary N) is 1. The van der Waals surface area contributed by atoms with Gasteiger partial charge >= 0.3 is 0 Å². The smallest absolute Gasteiger partial charge is 0.220 e. The summed E-state index contributed by atoms with van der Waals surface area (Å²) in [5, 5.41) is 6.51. The number of ether oxygens (including phenoxy) is 1. The zero-order valence-electron chi connectivity index (χ0n) is 18.9. The van der Waals surface area contributed by atoms with Gasteiger partial charge in [0.05, 0.1) is 12.8 Å². The Balaban J connectivity index is 1.39. The van der Waals surface area contributed by atoms with Gasteiger partial charge in [0.1, 0.15) is 5.75 Å². The van der Waals surface area contributed by atoms with Gasteiger partial charge in [0, 0.05) is 55.2 Å². The predicted octanol–water partition coefficient (Wildman–Crippen LogP) is 4.34. The summed E-state index contributed by atoms with van der Waals surface area (Å²) in [5.41, 5.74) is 8.91. The summed E-state index contributed by atoms with van der Waals surface area (Å²) < 4.78 is 5.49. The minimum Gasteiger partial charge on any atom is -0.497 e. The molecule has 5 rings (SSSR count). The van der Waals surface area contributed by atoms with Crippen LogP contribution in [0, 0.1) is 0 Å². The van der Waals surface area contributed by atoms with Crippen molar-refractivity contribution in [2.75, 3.05) is 36.1 Å². The number of aromatic nitrogens is 4. The van der Waals surface area contributed by atoms with Crippen molar-refractivity contribution in [3.05, 3.63) is 71.4 Å². The molecular weight excluding hydrogens is 450 g/mol. The third kappa shape index (κ3) is 4.82. The first kappa shape index (κ1) is 22.2. The molecule has 0 unspecified atom stereocenters.